The molecular formula is C7H9BrO. The summed E-state index contributed by atoms with van der Waals surface area (Å²) in [5, 5.41) is 8.75. The first-order valence-corrected chi connectivity index (χ1v) is 3.86. The van der Waals surface area contributed by atoms with Crippen LogP contribution in [-0.4, -0.2) is 16.5 Å². The van der Waals surface area contributed by atoms with Crippen molar-refractivity contribution in [1.82, 2.24) is 0 Å². The van der Waals surface area contributed by atoms with Gasteiger partial charge in [-0.3, -0.25) is 0 Å². The van der Waals surface area contributed by atoms with E-state index in [0.29, 0.717) is 4.83 Å². The van der Waals surface area contributed by atoms with Crippen LogP contribution in [0.3, 0.4) is 0 Å². The zero-order valence-electron chi connectivity index (χ0n) is 5.00. The van der Waals surface area contributed by atoms with E-state index in [1.54, 1.807) is 0 Å². The highest BCUT2D eigenvalue weighted by Gasteiger charge is 2.12. The fourth-order valence-corrected chi connectivity index (χ4v) is 1.31. The number of aliphatic hydroxyl groups is 1. The zero-order valence-corrected chi connectivity index (χ0v) is 6.58. The first kappa shape index (κ1) is 7.03. The maximum atomic E-state index is 8.75. The molecule has 0 aromatic rings. The molecule has 1 rings (SSSR count). The molecule has 0 aliphatic heterocycles. The fraction of sp³-hybridized carbons (Fsp3) is 0.429. The topological polar surface area (TPSA) is 20.2 Å². The SMILES string of the molecule is OCC1C=CC=CC1Br. The molecule has 2 unspecified atom stereocenters. The number of hydrogen-bond donors (Lipinski definition) is 1. The lowest BCUT2D eigenvalue weighted by Crippen LogP contribution is -2.15. The maximum Gasteiger partial charge on any atom is 0.0507 e. The maximum absolute atomic E-state index is 8.75. The summed E-state index contributed by atoms with van der Waals surface area (Å²) in [6.07, 6.45) is 7.96. The smallest absolute Gasteiger partial charge is 0.0507 e. The summed E-state index contributed by atoms with van der Waals surface area (Å²) in [6.45, 7) is 0.219. The summed E-state index contributed by atoms with van der Waals surface area (Å²) in [6, 6.07) is 0. The third kappa shape index (κ3) is 1.66. The number of hydrogen-bond acceptors (Lipinski definition) is 1. The summed E-state index contributed by atoms with van der Waals surface area (Å²) in [5.41, 5.74) is 0. The lowest BCUT2D eigenvalue weighted by atomic mass is 10.0. The van der Waals surface area contributed by atoms with E-state index in [-0.39, 0.29) is 12.5 Å². The molecule has 2 heteroatoms. The van der Waals surface area contributed by atoms with Crippen LogP contribution in [0.5, 0.6) is 0 Å². The molecule has 0 saturated heterocycles. The third-order valence-electron chi connectivity index (χ3n) is 1.38. The number of halogens is 1. The molecule has 0 saturated carbocycles. The minimum atomic E-state index is 0.219. The van der Waals surface area contributed by atoms with Gasteiger partial charge in [0.15, 0.2) is 0 Å². The Labute approximate surface area is 63.2 Å². The summed E-state index contributed by atoms with van der Waals surface area (Å²) >= 11 is 3.42. The Balaban J connectivity index is 2.55. The van der Waals surface area contributed by atoms with E-state index in [4.69, 9.17) is 5.11 Å². The number of alkyl halides is 1. The van der Waals surface area contributed by atoms with Gasteiger partial charge >= 0.3 is 0 Å². The normalized spacial score (nSPS) is 33.1. The average molecular weight is 189 g/mol. The minimum Gasteiger partial charge on any atom is -0.396 e. The van der Waals surface area contributed by atoms with Crippen LogP contribution in [-0.2, 0) is 0 Å². The van der Waals surface area contributed by atoms with Gasteiger partial charge in [0.25, 0.3) is 0 Å². The van der Waals surface area contributed by atoms with Crippen LogP contribution < -0.4 is 0 Å². The van der Waals surface area contributed by atoms with Crippen LogP contribution in [0.4, 0.5) is 0 Å². The molecule has 0 bridgehead atoms. The molecule has 1 N–H and O–H groups in total. The monoisotopic (exact) mass is 188 g/mol. The molecule has 0 aromatic carbocycles. The van der Waals surface area contributed by atoms with Gasteiger partial charge in [-0.15, -0.1) is 0 Å². The molecule has 1 nitrogen and oxygen atoms in total. The molecule has 0 fully saturated rings. The molecule has 50 valence electrons. The highest BCUT2D eigenvalue weighted by Crippen LogP contribution is 2.18. The second-order valence-electron chi connectivity index (χ2n) is 2.06. The van der Waals surface area contributed by atoms with Crippen LogP contribution >= 0.6 is 15.9 Å². The van der Waals surface area contributed by atoms with Gasteiger partial charge in [0.1, 0.15) is 0 Å². The van der Waals surface area contributed by atoms with Gasteiger partial charge in [-0.2, -0.15) is 0 Å². The second-order valence-corrected chi connectivity index (χ2v) is 3.12. The molecule has 0 spiro atoms. The van der Waals surface area contributed by atoms with Gasteiger partial charge in [0, 0.05) is 10.7 Å². The van der Waals surface area contributed by atoms with E-state index in [2.05, 4.69) is 15.9 Å². The highest BCUT2D eigenvalue weighted by molar-refractivity contribution is 9.09. The molecule has 2 atom stereocenters. The standard InChI is InChI=1S/C7H9BrO/c8-7-4-2-1-3-6(7)5-9/h1-4,6-7,9H,5H2. The molecule has 0 amide bonds. The van der Waals surface area contributed by atoms with Crippen LogP contribution in [0.15, 0.2) is 24.3 Å². The van der Waals surface area contributed by atoms with E-state index in [1.165, 1.54) is 0 Å². The summed E-state index contributed by atoms with van der Waals surface area (Å²) in [7, 11) is 0. The van der Waals surface area contributed by atoms with Crippen LogP contribution in [0.1, 0.15) is 0 Å². The predicted molar refractivity (Wildman–Crippen MR) is 41.6 cm³/mol. The number of rotatable bonds is 1. The summed E-state index contributed by atoms with van der Waals surface area (Å²) in [4.78, 5) is 0.312. The van der Waals surface area contributed by atoms with Gasteiger partial charge in [0.05, 0.1) is 6.61 Å². The van der Waals surface area contributed by atoms with Crippen molar-refractivity contribution < 1.29 is 5.11 Å². The number of allylic oxidation sites excluding steroid dienone is 3. The molecule has 1 aliphatic carbocycles. The van der Waals surface area contributed by atoms with Crippen molar-refractivity contribution in [2.24, 2.45) is 5.92 Å². The van der Waals surface area contributed by atoms with E-state index in [9.17, 15) is 0 Å². The highest BCUT2D eigenvalue weighted by atomic mass is 79.9. The van der Waals surface area contributed by atoms with Crippen LogP contribution in [0.2, 0.25) is 0 Å². The Kier molecular flexibility index (Phi) is 2.49. The van der Waals surface area contributed by atoms with Gasteiger partial charge < -0.3 is 5.11 Å². The molecule has 0 radical (unpaired) electrons. The van der Waals surface area contributed by atoms with E-state index in [1.807, 2.05) is 24.3 Å². The fourth-order valence-electron chi connectivity index (χ4n) is 0.788. The van der Waals surface area contributed by atoms with Crippen LogP contribution in [0.25, 0.3) is 0 Å². The van der Waals surface area contributed by atoms with Crippen molar-refractivity contribution in [3.63, 3.8) is 0 Å². The van der Waals surface area contributed by atoms with Crippen molar-refractivity contribution in [3.8, 4) is 0 Å². The molecule has 0 aromatic heterocycles. The predicted octanol–water partition coefficient (Wildman–Crippen LogP) is 1.48. The van der Waals surface area contributed by atoms with Crippen molar-refractivity contribution >= 4 is 15.9 Å². The van der Waals surface area contributed by atoms with Gasteiger partial charge in [-0.25, -0.2) is 0 Å². The van der Waals surface area contributed by atoms with Gasteiger partial charge in [0.2, 0.25) is 0 Å². The lowest BCUT2D eigenvalue weighted by Gasteiger charge is -2.14. The van der Waals surface area contributed by atoms with Crippen molar-refractivity contribution in [2.75, 3.05) is 6.61 Å². The Hall–Kier alpha value is -0.0800. The summed E-state index contributed by atoms with van der Waals surface area (Å²) in [5.74, 6) is 0.259. The second kappa shape index (κ2) is 3.18. The quantitative estimate of drug-likeness (QED) is 0.619. The van der Waals surface area contributed by atoms with Crippen molar-refractivity contribution in [3.05, 3.63) is 24.3 Å². The van der Waals surface area contributed by atoms with E-state index < -0.39 is 0 Å². The third-order valence-corrected chi connectivity index (χ3v) is 2.37. The Morgan fingerprint density at radius 3 is 2.44 bits per heavy atom. The van der Waals surface area contributed by atoms with Gasteiger partial charge in [-0.05, 0) is 0 Å². The Morgan fingerprint density at radius 2 is 2.00 bits per heavy atom. The largest absolute Gasteiger partial charge is 0.396 e. The summed E-state index contributed by atoms with van der Waals surface area (Å²) < 4.78 is 0. The number of aliphatic hydroxyl groups excluding tert-OH is 1. The molecule has 0 heterocycles. The lowest BCUT2D eigenvalue weighted by molar-refractivity contribution is 0.256. The van der Waals surface area contributed by atoms with Crippen molar-refractivity contribution in [2.45, 2.75) is 4.83 Å². The zero-order chi connectivity index (χ0) is 6.69. The van der Waals surface area contributed by atoms with Crippen LogP contribution in [0, 0.1) is 5.92 Å². The molecule has 1 aliphatic rings. The molecular weight excluding hydrogens is 180 g/mol. The Bertz CT molecular complexity index is 140. The average Bonchev–Trinajstić information content (AvgIpc) is 1.89. The van der Waals surface area contributed by atoms with E-state index >= 15 is 0 Å². The molecule has 9 heavy (non-hydrogen) atoms. The first-order chi connectivity index (χ1) is 4.34. The van der Waals surface area contributed by atoms with Gasteiger partial charge in [-0.1, -0.05) is 40.2 Å². The minimum absolute atomic E-state index is 0.219. The van der Waals surface area contributed by atoms with Crippen molar-refractivity contribution in [1.29, 1.82) is 0 Å². The first-order valence-electron chi connectivity index (χ1n) is 2.94. The Morgan fingerprint density at radius 1 is 1.33 bits per heavy atom. The van der Waals surface area contributed by atoms with E-state index in [0.717, 1.165) is 0 Å².